The van der Waals surface area contributed by atoms with Gasteiger partial charge in [-0.2, -0.15) is 0 Å². The number of aromatic nitrogens is 1. The molecule has 0 spiro atoms. The summed E-state index contributed by atoms with van der Waals surface area (Å²) in [5.74, 6) is 1.27. The number of rotatable bonds is 4. The molecule has 1 aliphatic rings. The van der Waals surface area contributed by atoms with Gasteiger partial charge in [-0.25, -0.2) is 0 Å². The van der Waals surface area contributed by atoms with Crippen molar-refractivity contribution in [1.82, 2.24) is 9.88 Å². The molecular formula is C15H21ClN2O2. The van der Waals surface area contributed by atoms with Crippen LogP contribution in [0.1, 0.15) is 26.7 Å². The van der Waals surface area contributed by atoms with Gasteiger partial charge >= 0.3 is 0 Å². The van der Waals surface area contributed by atoms with Gasteiger partial charge in [-0.15, -0.1) is 11.6 Å². The Bertz CT molecular complexity index is 442. The smallest absolute Gasteiger partial charge is 0.229 e. The monoisotopic (exact) mass is 296 g/mol. The number of carbonyl (C=O) groups excluding carboxylic acids is 1. The molecule has 0 saturated carbocycles. The molecule has 110 valence electrons. The fraction of sp³-hybridized carbons (Fsp3) is 0.600. The number of piperidine rings is 1. The largest absolute Gasteiger partial charge is 0.489 e. The molecule has 1 saturated heterocycles. The number of halogens is 1. The first-order chi connectivity index (χ1) is 9.53. The van der Waals surface area contributed by atoms with Gasteiger partial charge in [0.1, 0.15) is 11.9 Å². The highest BCUT2D eigenvalue weighted by Crippen LogP contribution is 2.24. The summed E-state index contributed by atoms with van der Waals surface area (Å²) in [6.45, 7) is 5.23. The van der Waals surface area contributed by atoms with Crippen LogP contribution in [-0.4, -0.2) is 40.9 Å². The maximum atomic E-state index is 12.3. The van der Waals surface area contributed by atoms with Gasteiger partial charge in [-0.1, -0.05) is 0 Å². The second kappa shape index (κ2) is 6.44. The van der Waals surface area contributed by atoms with Crippen LogP contribution in [0, 0.1) is 5.41 Å². The van der Waals surface area contributed by atoms with Gasteiger partial charge < -0.3 is 9.64 Å². The van der Waals surface area contributed by atoms with Crippen LogP contribution in [0.3, 0.4) is 0 Å². The molecule has 1 fully saturated rings. The average molecular weight is 297 g/mol. The van der Waals surface area contributed by atoms with Crippen molar-refractivity contribution in [3.63, 3.8) is 0 Å². The lowest BCUT2D eigenvalue weighted by molar-refractivity contribution is -0.141. The predicted molar refractivity (Wildman–Crippen MR) is 79.0 cm³/mol. The maximum Gasteiger partial charge on any atom is 0.229 e. The Morgan fingerprint density at radius 1 is 1.50 bits per heavy atom. The summed E-state index contributed by atoms with van der Waals surface area (Å²) in [6.07, 6.45) is 5.29. The van der Waals surface area contributed by atoms with Crippen molar-refractivity contribution in [2.24, 2.45) is 5.41 Å². The number of hydrogen-bond donors (Lipinski definition) is 0. The number of pyridine rings is 1. The Labute approximate surface area is 125 Å². The molecule has 2 heterocycles. The van der Waals surface area contributed by atoms with Gasteiger partial charge in [0.05, 0.1) is 11.6 Å². The Balaban J connectivity index is 1.85. The topological polar surface area (TPSA) is 42.4 Å². The summed E-state index contributed by atoms with van der Waals surface area (Å²) in [5.41, 5.74) is -0.488. The summed E-state index contributed by atoms with van der Waals surface area (Å²) in [6, 6.07) is 3.76. The van der Waals surface area contributed by atoms with Gasteiger partial charge in [0.25, 0.3) is 0 Å². The summed E-state index contributed by atoms with van der Waals surface area (Å²) >= 11 is 5.86. The second-order valence-electron chi connectivity index (χ2n) is 5.82. The van der Waals surface area contributed by atoms with E-state index >= 15 is 0 Å². The molecule has 5 heteroatoms. The van der Waals surface area contributed by atoms with Crippen LogP contribution in [0.5, 0.6) is 5.75 Å². The molecule has 0 aliphatic carbocycles. The number of ether oxygens (including phenoxy) is 1. The van der Waals surface area contributed by atoms with Crippen molar-refractivity contribution in [1.29, 1.82) is 0 Å². The molecule has 1 aliphatic heterocycles. The first-order valence-electron chi connectivity index (χ1n) is 6.95. The lowest BCUT2D eigenvalue weighted by Crippen LogP contribution is -2.47. The maximum absolute atomic E-state index is 12.3. The number of amides is 1. The van der Waals surface area contributed by atoms with E-state index in [4.69, 9.17) is 16.3 Å². The molecule has 0 aromatic carbocycles. The standard InChI is InChI=1S/C15H21ClN2O2/c1-15(2,11-16)14(19)18-8-5-12(6-9-18)20-13-4-3-7-17-10-13/h3-4,7,10,12H,5-6,8-9,11H2,1-2H3. The van der Waals surface area contributed by atoms with Crippen LogP contribution in [0.2, 0.25) is 0 Å². The Morgan fingerprint density at radius 2 is 2.20 bits per heavy atom. The van der Waals surface area contributed by atoms with Crippen LogP contribution >= 0.6 is 11.6 Å². The molecular weight excluding hydrogens is 276 g/mol. The zero-order chi connectivity index (χ0) is 14.6. The van der Waals surface area contributed by atoms with Crippen LogP contribution < -0.4 is 4.74 Å². The summed E-state index contributed by atoms with van der Waals surface area (Å²) in [4.78, 5) is 18.2. The fourth-order valence-corrected chi connectivity index (χ4v) is 2.39. The molecule has 2 rings (SSSR count). The molecule has 4 nitrogen and oxygen atoms in total. The molecule has 0 bridgehead atoms. The zero-order valence-electron chi connectivity index (χ0n) is 12.0. The van der Waals surface area contributed by atoms with Crippen molar-refractivity contribution in [3.05, 3.63) is 24.5 Å². The quantitative estimate of drug-likeness (QED) is 0.802. The van der Waals surface area contributed by atoms with Gasteiger partial charge in [-0.3, -0.25) is 9.78 Å². The molecule has 20 heavy (non-hydrogen) atoms. The number of nitrogens with zero attached hydrogens (tertiary/aromatic N) is 2. The van der Waals surface area contributed by atoms with Crippen LogP contribution in [0.15, 0.2) is 24.5 Å². The van der Waals surface area contributed by atoms with Crippen molar-refractivity contribution >= 4 is 17.5 Å². The van der Waals surface area contributed by atoms with Gasteiger partial charge in [0, 0.05) is 38.0 Å². The second-order valence-corrected chi connectivity index (χ2v) is 6.08. The minimum atomic E-state index is -0.488. The third kappa shape index (κ3) is 3.63. The zero-order valence-corrected chi connectivity index (χ0v) is 12.8. The number of carbonyl (C=O) groups is 1. The molecule has 0 atom stereocenters. The SMILES string of the molecule is CC(C)(CCl)C(=O)N1CCC(Oc2cccnc2)CC1. The van der Waals surface area contributed by atoms with Gasteiger partial charge in [0.15, 0.2) is 0 Å². The normalized spacial score (nSPS) is 17.1. The van der Waals surface area contributed by atoms with Crippen molar-refractivity contribution in [2.45, 2.75) is 32.8 Å². The number of likely N-dealkylation sites (tertiary alicyclic amines) is 1. The third-order valence-corrected chi connectivity index (χ3v) is 4.25. The summed E-state index contributed by atoms with van der Waals surface area (Å²) < 4.78 is 5.87. The Morgan fingerprint density at radius 3 is 2.75 bits per heavy atom. The Hall–Kier alpha value is -1.29. The van der Waals surface area contributed by atoms with E-state index in [1.54, 1.807) is 12.4 Å². The summed E-state index contributed by atoms with van der Waals surface area (Å²) in [7, 11) is 0. The van der Waals surface area contributed by atoms with Crippen LogP contribution in [0.4, 0.5) is 0 Å². The van der Waals surface area contributed by atoms with Crippen molar-refractivity contribution in [2.75, 3.05) is 19.0 Å². The van der Waals surface area contributed by atoms with E-state index in [1.165, 1.54) is 0 Å². The van der Waals surface area contributed by atoms with Crippen molar-refractivity contribution in [3.8, 4) is 5.75 Å². The van der Waals surface area contributed by atoms with Crippen LogP contribution in [0.25, 0.3) is 0 Å². The van der Waals surface area contributed by atoms with E-state index in [1.807, 2.05) is 30.9 Å². The Kier molecular flexibility index (Phi) is 4.86. The number of alkyl halides is 1. The fourth-order valence-electron chi connectivity index (χ4n) is 2.27. The lowest BCUT2D eigenvalue weighted by Gasteiger charge is -2.36. The minimum absolute atomic E-state index is 0.132. The van der Waals surface area contributed by atoms with E-state index in [0.29, 0.717) is 5.88 Å². The first-order valence-corrected chi connectivity index (χ1v) is 7.48. The molecule has 1 aromatic heterocycles. The molecule has 0 radical (unpaired) electrons. The van der Waals surface area contributed by atoms with Crippen molar-refractivity contribution < 1.29 is 9.53 Å². The highest BCUT2D eigenvalue weighted by molar-refractivity contribution is 6.19. The van der Waals surface area contributed by atoms with Gasteiger partial charge in [0.2, 0.25) is 5.91 Å². The van der Waals surface area contributed by atoms with E-state index in [0.717, 1.165) is 31.7 Å². The predicted octanol–water partition coefficient (Wildman–Crippen LogP) is 2.72. The summed E-state index contributed by atoms with van der Waals surface area (Å²) in [5, 5.41) is 0. The van der Waals surface area contributed by atoms with E-state index in [2.05, 4.69) is 4.98 Å². The first kappa shape index (κ1) is 15.1. The third-order valence-electron chi connectivity index (χ3n) is 3.58. The lowest BCUT2D eigenvalue weighted by atomic mass is 9.93. The van der Waals surface area contributed by atoms with E-state index < -0.39 is 5.41 Å². The van der Waals surface area contributed by atoms with E-state index in [-0.39, 0.29) is 12.0 Å². The molecule has 0 N–H and O–H groups in total. The molecule has 1 aromatic rings. The minimum Gasteiger partial charge on any atom is -0.489 e. The van der Waals surface area contributed by atoms with Crippen LogP contribution in [-0.2, 0) is 4.79 Å². The molecule has 0 unspecified atom stereocenters. The number of hydrogen-bond acceptors (Lipinski definition) is 3. The van der Waals surface area contributed by atoms with E-state index in [9.17, 15) is 4.79 Å². The highest BCUT2D eigenvalue weighted by Gasteiger charge is 2.33. The average Bonchev–Trinajstić information content (AvgIpc) is 2.48. The molecule has 1 amide bonds. The van der Waals surface area contributed by atoms with Gasteiger partial charge in [-0.05, 0) is 26.0 Å². The highest BCUT2D eigenvalue weighted by atomic mass is 35.5.